The Morgan fingerprint density at radius 1 is 1.12 bits per heavy atom. The third-order valence-corrected chi connectivity index (χ3v) is 4.27. The lowest BCUT2D eigenvalue weighted by Crippen LogP contribution is -2.31. The average molecular weight is 346 g/mol. The number of rotatable bonds is 3. The van der Waals surface area contributed by atoms with Crippen molar-refractivity contribution in [2.24, 2.45) is 0 Å². The number of nitriles is 1. The summed E-state index contributed by atoms with van der Waals surface area (Å²) >= 11 is 0. The molecule has 0 spiro atoms. The van der Waals surface area contributed by atoms with E-state index in [1.165, 1.54) is 12.1 Å². The summed E-state index contributed by atoms with van der Waals surface area (Å²) in [6, 6.07) is 14.9. The van der Waals surface area contributed by atoms with Gasteiger partial charge < -0.3 is 10.1 Å². The van der Waals surface area contributed by atoms with Crippen molar-refractivity contribution in [3.8, 4) is 6.07 Å². The zero-order valence-electron chi connectivity index (χ0n) is 13.4. The van der Waals surface area contributed by atoms with Crippen molar-refractivity contribution in [3.05, 3.63) is 65.2 Å². The van der Waals surface area contributed by atoms with Crippen LogP contribution in [0.1, 0.15) is 35.6 Å². The van der Waals surface area contributed by atoms with Gasteiger partial charge in [0.2, 0.25) is 0 Å². The van der Waals surface area contributed by atoms with Gasteiger partial charge in [0, 0.05) is 18.3 Å². The molecule has 1 saturated heterocycles. The number of nitrogens with one attached hydrogen (secondary N) is 1. The van der Waals surface area contributed by atoms with Crippen LogP contribution in [0, 0.1) is 11.3 Å². The molecule has 0 bridgehead atoms. The summed E-state index contributed by atoms with van der Waals surface area (Å²) in [6.07, 6.45) is -3.44. The van der Waals surface area contributed by atoms with E-state index in [2.05, 4.69) is 5.32 Å². The van der Waals surface area contributed by atoms with Gasteiger partial charge in [0.05, 0.1) is 23.3 Å². The van der Waals surface area contributed by atoms with E-state index in [0.717, 1.165) is 11.6 Å². The van der Waals surface area contributed by atoms with E-state index in [-0.39, 0.29) is 23.4 Å². The highest BCUT2D eigenvalue weighted by Crippen LogP contribution is 2.37. The molecule has 2 unspecified atom stereocenters. The molecule has 1 N–H and O–H groups in total. The van der Waals surface area contributed by atoms with Crippen LogP contribution >= 0.6 is 0 Å². The molecule has 1 aliphatic rings. The lowest BCUT2D eigenvalue weighted by Gasteiger charge is -2.31. The second-order valence-corrected chi connectivity index (χ2v) is 6.01. The summed E-state index contributed by atoms with van der Waals surface area (Å²) < 4.78 is 45.6. The largest absolute Gasteiger partial charge is 0.418 e. The quantitative estimate of drug-likeness (QED) is 0.859. The first-order chi connectivity index (χ1) is 12.0. The minimum Gasteiger partial charge on any atom is -0.382 e. The normalized spacial score (nSPS) is 20.7. The molecular formula is C19H17F3N2O. The molecule has 2 aromatic carbocycles. The third-order valence-electron chi connectivity index (χ3n) is 4.27. The van der Waals surface area contributed by atoms with Gasteiger partial charge in [0.15, 0.2) is 0 Å². The van der Waals surface area contributed by atoms with Crippen molar-refractivity contribution < 1.29 is 17.9 Å². The van der Waals surface area contributed by atoms with Crippen LogP contribution in [0.2, 0.25) is 0 Å². The van der Waals surface area contributed by atoms with Gasteiger partial charge in [-0.3, -0.25) is 0 Å². The molecule has 1 aliphatic heterocycles. The fourth-order valence-electron chi connectivity index (χ4n) is 3.02. The van der Waals surface area contributed by atoms with Gasteiger partial charge in [0.1, 0.15) is 0 Å². The monoisotopic (exact) mass is 346 g/mol. The first-order valence-corrected chi connectivity index (χ1v) is 8.02. The fraction of sp³-hybridized carbons (Fsp3) is 0.316. The number of anilines is 1. The van der Waals surface area contributed by atoms with Crippen LogP contribution in [0.5, 0.6) is 0 Å². The summed E-state index contributed by atoms with van der Waals surface area (Å²) in [5.74, 6) is 0. The van der Waals surface area contributed by atoms with Crippen LogP contribution in [-0.4, -0.2) is 12.6 Å². The van der Waals surface area contributed by atoms with Crippen LogP contribution in [0.4, 0.5) is 18.9 Å². The molecule has 3 rings (SSSR count). The summed E-state index contributed by atoms with van der Waals surface area (Å²) in [4.78, 5) is 0. The Bertz CT molecular complexity index is 768. The number of nitrogens with zero attached hydrogens (tertiary/aromatic N) is 1. The molecule has 2 aromatic rings. The predicted octanol–water partition coefficient (Wildman–Crippen LogP) is 4.91. The zero-order chi connectivity index (χ0) is 17.9. The molecule has 130 valence electrons. The maximum Gasteiger partial charge on any atom is 0.418 e. The van der Waals surface area contributed by atoms with Crippen molar-refractivity contribution >= 4 is 5.69 Å². The van der Waals surface area contributed by atoms with Crippen LogP contribution in [0.3, 0.4) is 0 Å². The van der Waals surface area contributed by atoms with Crippen molar-refractivity contribution in [1.82, 2.24) is 0 Å². The predicted molar refractivity (Wildman–Crippen MR) is 87.9 cm³/mol. The van der Waals surface area contributed by atoms with E-state index < -0.39 is 11.7 Å². The summed E-state index contributed by atoms with van der Waals surface area (Å²) in [6.45, 7) is 0.481. The smallest absolute Gasteiger partial charge is 0.382 e. The molecule has 1 fully saturated rings. The third kappa shape index (κ3) is 4.12. The van der Waals surface area contributed by atoms with E-state index in [9.17, 15) is 13.2 Å². The highest BCUT2D eigenvalue weighted by atomic mass is 19.4. The van der Waals surface area contributed by atoms with Gasteiger partial charge in [-0.15, -0.1) is 0 Å². The Morgan fingerprint density at radius 3 is 2.56 bits per heavy atom. The van der Waals surface area contributed by atoms with E-state index in [0.29, 0.717) is 19.4 Å². The molecule has 0 aliphatic carbocycles. The second-order valence-electron chi connectivity index (χ2n) is 6.01. The second kappa shape index (κ2) is 7.16. The number of halogens is 3. The Morgan fingerprint density at radius 2 is 1.88 bits per heavy atom. The fourth-order valence-corrected chi connectivity index (χ4v) is 3.02. The topological polar surface area (TPSA) is 45.0 Å². The SMILES string of the molecule is N#Cc1ccc(NC2CCOC(c3ccccc3)C2)c(C(F)(F)F)c1. The minimum atomic E-state index is -4.51. The van der Waals surface area contributed by atoms with Gasteiger partial charge in [-0.1, -0.05) is 30.3 Å². The first kappa shape index (κ1) is 17.3. The van der Waals surface area contributed by atoms with E-state index >= 15 is 0 Å². The van der Waals surface area contributed by atoms with Crippen molar-refractivity contribution in [1.29, 1.82) is 5.26 Å². The van der Waals surface area contributed by atoms with Gasteiger partial charge in [-0.2, -0.15) is 18.4 Å². The van der Waals surface area contributed by atoms with Gasteiger partial charge >= 0.3 is 6.18 Å². The summed E-state index contributed by atoms with van der Waals surface area (Å²) in [7, 11) is 0. The maximum atomic E-state index is 13.3. The Kier molecular flexibility index (Phi) is 4.95. The van der Waals surface area contributed by atoms with E-state index in [4.69, 9.17) is 10.00 Å². The lowest BCUT2D eigenvalue weighted by atomic mass is 9.96. The zero-order valence-corrected chi connectivity index (χ0v) is 13.4. The molecule has 2 atom stereocenters. The molecular weight excluding hydrogens is 329 g/mol. The molecule has 0 aromatic heterocycles. The summed E-state index contributed by atoms with van der Waals surface area (Å²) in [5.41, 5.74) is 0.205. The van der Waals surface area contributed by atoms with Crippen LogP contribution < -0.4 is 5.32 Å². The number of benzene rings is 2. The van der Waals surface area contributed by atoms with Gasteiger partial charge in [-0.25, -0.2) is 0 Å². The molecule has 1 heterocycles. The molecule has 3 nitrogen and oxygen atoms in total. The number of ether oxygens (including phenoxy) is 1. The number of hydrogen-bond donors (Lipinski definition) is 1. The van der Waals surface area contributed by atoms with Crippen molar-refractivity contribution in [2.45, 2.75) is 31.2 Å². The molecule has 6 heteroatoms. The first-order valence-electron chi connectivity index (χ1n) is 8.02. The molecule has 0 radical (unpaired) electrons. The highest BCUT2D eigenvalue weighted by Gasteiger charge is 2.35. The number of hydrogen-bond acceptors (Lipinski definition) is 3. The van der Waals surface area contributed by atoms with E-state index in [1.54, 1.807) is 6.07 Å². The molecule has 0 saturated carbocycles. The Hall–Kier alpha value is -2.52. The number of alkyl halides is 3. The minimum absolute atomic E-state index is 0.00483. The Labute approximate surface area is 144 Å². The van der Waals surface area contributed by atoms with Crippen molar-refractivity contribution in [3.63, 3.8) is 0 Å². The maximum absolute atomic E-state index is 13.3. The highest BCUT2D eigenvalue weighted by molar-refractivity contribution is 5.56. The lowest BCUT2D eigenvalue weighted by molar-refractivity contribution is -0.137. The van der Waals surface area contributed by atoms with Crippen molar-refractivity contribution in [2.75, 3.05) is 11.9 Å². The van der Waals surface area contributed by atoms with E-state index in [1.807, 2.05) is 30.3 Å². The molecule has 0 amide bonds. The van der Waals surface area contributed by atoms with Crippen LogP contribution in [-0.2, 0) is 10.9 Å². The van der Waals surface area contributed by atoms with Crippen LogP contribution in [0.15, 0.2) is 48.5 Å². The molecule has 25 heavy (non-hydrogen) atoms. The van der Waals surface area contributed by atoms with Gasteiger partial charge in [0.25, 0.3) is 0 Å². The standard InChI is InChI=1S/C19H17F3N2O/c20-19(21,22)16-10-13(12-23)6-7-17(16)24-15-8-9-25-18(11-15)14-4-2-1-3-5-14/h1-7,10,15,18,24H,8-9,11H2. The van der Waals surface area contributed by atoms with Gasteiger partial charge in [-0.05, 0) is 36.6 Å². The summed E-state index contributed by atoms with van der Waals surface area (Å²) in [5, 5.41) is 11.8. The van der Waals surface area contributed by atoms with Crippen LogP contribution in [0.25, 0.3) is 0 Å². The average Bonchev–Trinajstić information content (AvgIpc) is 2.62. The Balaban J connectivity index is 1.79.